The molecule has 6 heteroatoms. The van der Waals surface area contributed by atoms with E-state index in [0.717, 1.165) is 53.9 Å². The van der Waals surface area contributed by atoms with E-state index in [9.17, 15) is 4.79 Å². The molecule has 3 aromatic rings. The number of hydrogen-bond acceptors (Lipinski definition) is 4. The van der Waals surface area contributed by atoms with Gasteiger partial charge in [-0.15, -0.1) is 0 Å². The zero-order chi connectivity index (χ0) is 18.1. The number of nitrogens with zero attached hydrogens (tertiary/aromatic N) is 5. The van der Waals surface area contributed by atoms with Crippen LogP contribution in [0.2, 0.25) is 0 Å². The molecule has 134 valence electrons. The zero-order valence-corrected chi connectivity index (χ0v) is 15.2. The van der Waals surface area contributed by atoms with Gasteiger partial charge in [-0.2, -0.15) is 0 Å². The molecule has 1 saturated heterocycles. The first-order valence-electron chi connectivity index (χ1n) is 8.92. The van der Waals surface area contributed by atoms with Crippen LogP contribution in [0, 0.1) is 0 Å². The Labute approximate surface area is 153 Å². The van der Waals surface area contributed by atoms with Crippen molar-refractivity contribution in [2.75, 3.05) is 33.2 Å². The van der Waals surface area contributed by atoms with Gasteiger partial charge >= 0.3 is 0 Å². The lowest BCUT2D eigenvalue weighted by molar-refractivity contribution is -0.132. The second kappa shape index (κ2) is 6.88. The Balaban J connectivity index is 1.56. The lowest BCUT2D eigenvalue weighted by Gasteiger charge is -2.32. The molecule has 1 fully saturated rings. The number of aromatic nitrogens is 3. The number of amides is 1. The Hall–Kier alpha value is -2.73. The number of rotatable bonds is 3. The molecule has 4 rings (SSSR count). The number of imidazole rings is 1. The van der Waals surface area contributed by atoms with E-state index in [4.69, 9.17) is 0 Å². The van der Waals surface area contributed by atoms with Crippen molar-refractivity contribution in [3.63, 3.8) is 0 Å². The summed E-state index contributed by atoms with van der Waals surface area (Å²) in [6.07, 6.45) is 5.87. The summed E-state index contributed by atoms with van der Waals surface area (Å²) in [7, 11) is 4.08. The van der Waals surface area contributed by atoms with Crippen LogP contribution in [0.1, 0.15) is 5.69 Å². The molecule has 0 saturated carbocycles. The molecule has 0 spiro atoms. The molecule has 3 heterocycles. The Bertz CT molecular complexity index is 940. The number of aryl methyl sites for hydroxylation is 1. The molecule has 0 unspecified atom stereocenters. The van der Waals surface area contributed by atoms with Crippen LogP contribution in [0.3, 0.4) is 0 Å². The Kier molecular flexibility index (Phi) is 4.42. The maximum atomic E-state index is 12.6. The van der Waals surface area contributed by atoms with E-state index in [1.165, 1.54) is 0 Å². The van der Waals surface area contributed by atoms with Gasteiger partial charge < -0.3 is 14.4 Å². The van der Waals surface area contributed by atoms with E-state index >= 15 is 0 Å². The normalized spacial score (nSPS) is 15.5. The molecular formula is C20H23N5O. The van der Waals surface area contributed by atoms with Crippen LogP contribution < -0.4 is 0 Å². The summed E-state index contributed by atoms with van der Waals surface area (Å²) in [5, 5.41) is 2.17. The van der Waals surface area contributed by atoms with Crippen molar-refractivity contribution in [3.05, 3.63) is 48.7 Å². The standard InChI is InChI=1S/C20H23N5O/c1-23-5-7-25(8-6-23)20(26)11-18-10-17-9-15(3-4-16(17)12-22-18)19-13-21-14-24(19)2/h3-4,9-10,12-14H,5-8,11H2,1-2H3. The molecule has 2 aromatic heterocycles. The highest BCUT2D eigenvalue weighted by Crippen LogP contribution is 2.24. The molecule has 0 bridgehead atoms. The molecule has 1 aliphatic heterocycles. The molecule has 6 nitrogen and oxygen atoms in total. The van der Waals surface area contributed by atoms with Crippen LogP contribution in [0.4, 0.5) is 0 Å². The lowest BCUT2D eigenvalue weighted by Crippen LogP contribution is -2.47. The van der Waals surface area contributed by atoms with Gasteiger partial charge in [-0.25, -0.2) is 4.98 Å². The summed E-state index contributed by atoms with van der Waals surface area (Å²) in [5.41, 5.74) is 3.00. The van der Waals surface area contributed by atoms with Crippen molar-refractivity contribution in [3.8, 4) is 11.3 Å². The number of benzene rings is 1. The SMILES string of the molecule is CN1CCN(C(=O)Cc2cc3cc(-c4cncn4C)ccc3cn2)CC1. The molecule has 0 N–H and O–H groups in total. The topological polar surface area (TPSA) is 54.3 Å². The maximum Gasteiger partial charge on any atom is 0.228 e. The Morgan fingerprint density at radius 3 is 2.58 bits per heavy atom. The van der Waals surface area contributed by atoms with Crippen molar-refractivity contribution in [2.45, 2.75) is 6.42 Å². The van der Waals surface area contributed by atoms with Crippen LogP contribution in [0.15, 0.2) is 43.0 Å². The Morgan fingerprint density at radius 2 is 1.85 bits per heavy atom. The van der Waals surface area contributed by atoms with Gasteiger partial charge in [0.1, 0.15) is 0 Å². The summed E-state index contributed by atoms with van der Waals surface area (Å²) in [6, 6.07) is 8.31. The summed E-state index contributed by atoms with van der Waals surface area (Å²) >= 11 is 0. The van der Waals surface area contributed by atoms with E-state index in [0.29, 0.717) is 6.42 Å². The fraction of sp³-hybridized carbons (Fsp3) is 0.350. The fourth-order valence-electron chi connectivity index (χ4n) is 3.40. The number of hydrogen-bond donors (Lipinski definition) is 0. The van der Waals surface area contributed by atoms with Gasteiger partial charge in [0.25, 0.3) is 0 Å². The van der Waals surface area contributed by atoms with Gasteiger partial charge in [0, 0.05) is 50.4 Å². The second-order valence-corrected chi connectivity index (χ2v) is 6.99. The van der Waals surface area contributed by atoms with E-state index < -0.39 is 0 Å². The number of pyridine rings is 1. The lowest BCUT2D eigenvalue weighted by atomic mass is 10.1. The van der Waals surface area contributed by atoms with Crippen LogP contribution in [0.5, 0.6) is 0 Å². The highest BCUT2D eigenvalue weighted by molar-refractivity contribution is 5.87. The van der Waals surface area contributed by atoms with Crippen molar-refractivity contribution >= 4 is 16.7 Å². The largest absolute Gasteiger partial charge is 0.340 e. The van der Waals surface area contributed by atoms with Crippen molar-refractivity contribution in [1.82, 2.24) is 24.3 Å². The van der Waals surface area contributed by atoms with Crippen LogP contribution in [-0.4, -0.2) is 63.5 Å². The minimum absolute atomic E-state index is 0.160. The van der Waals surface area contributed by atoms with E-state index in [1.807, 2.05) is 35.0 Å². The molecule has 0 aliphatic carbocycles. The van der Waals surface area contributed by atoms with Crippen LogP contribution in [0.25, 0.3) is 22.0 Å². The number of fused-ring (bicyclic) bond motifs is 1. The third kappa shape index (κ3) is 3.32. The van der Waals surface area contributed by atoms with Gasteiger partial charge in [-0.1, -0.05) is 12.1 Å². The minimum Gasteiger partial charge on any atom is -0.340 e. The van der Waals surface area contributed by atoms with Gasteiger partial charge in [0.05, 0.1) is 30.3 Å². The summed E-state index contributed by atoms with van der Waals surface area (Å²) in [4.78, 5) is 25.4. The smallest absolute Gasteiger partial charge is 0.228 e. The van der Waals surface area contributed by atoms with Gasteiger partial charge in [-0.05, 0) is 24.6 Å². The number of likely N-dealkylation sites (N-methyl/N-ethyl adjacent to an activating group) is 1. The first kappa shape index (κ1) is 16.7. The molecule has 0 radical (unpaired) electrons. The zero-order valence-electron chi connectivity index (χ0n) is 15.2. The van der Waals surface area contributed by atoms with Gasteiger partial charge in [-0.3, -0.25) is 9.78 Å². The number of piperazine rings is 1. The molecule has 0 atom stereocenters. The first-order valence-corrected chi connectivity index (χ1v) is 8.92. The molecule has 1 amide bonds. The summed E-state index contributed by atoms with van der Waals surface area (Å²) < 4.78 is 2.00. The third-order valence-electron chi connectivity index (χ3n) is 5.08. The highest BCUT2D eigenvalue weighted by atomic mass is 16.2. The van der Waals surface area contributed by atoms with Crippen molar-refractivity contribution in [2.24, 2.45) is 7.05 Å². The van der Waals surface area contributed by atoms with E-state index in [1.54, 1.807) is 6.33 Å². The second-order valence-electron chi connectivity index (χ2n) is 6.99. The predicted octanol–water partition coefficient (Wildman–Crippen LogP) is 1.95. The number of carbonyl (C=O) groups is 1. The van der Waals surface area contributed by atoms with Crippen LogP contribution in [-0.2, 0) is 18.3 Å². The maximum absolute atomic E-state index is 12.6. The molecule has 1 aromatic carbocycles. The Morgan fingerprint density at radius 1 is 1.04 bits per heavy atom. The minimum atomic E-state index is 0.160. The highest BCUT2D eigenvalue weighted by Gasteiger charge is 2.19. The average molecular weight is 349 g/mol. The van der Waals surface area contributed by atoms with Crippen molar-refractivity contribution < 1.29 is 4.79 Å². The van der Waals surface area contributed by atoms with Gasteiger partial charge in [0.2, 0.25) is 5.91 Å². The third-order valence-corrected chi connectivity index (χ3v) is 5.08. The monoisotopic (exact) mass is 349 g/mol. The van der Waals surface area contributed by atoms with E-state index in [2.05, 4.69) is 40.1 Å². The fourth-order valence-corrected chi connectivity index (χ4v) is 3.40. The quantitative estimate of drug-likeness (QED) is 0.725. The summed E-state index contributed by atoms with van der Waals surface area (Å²) in [6.45, 7) is 3.47. The molecule has 26 heavy (non-hydrogen) atoms. The van der Waals surface area contributed by atoms with Gasteiger partial charge in [0.15, 0.2) is 0 Å². The average Bonchev–Trinajstić information content (AvgIpc) is 3.07. The van der Waals surface area contributed by atoms with Crippen molar-refractivity contribution in [1.29, 1.82) is 0 Å². The van der Waals surface area contributed by atoms with Crippen LogP contribution >= 0.6 is 0 Å². The predicted molar refractivity (Wildman–Crippen MR) is 102 cm³/mol. The molecular weight excluding hydrogens is 326 g/mol. The summed E-state index contributed by atoms with van der Waals surface area (Å²) in [5.74, 6) is 0.160. The molecule has 1 aliphatic rings. The first-order chi connectivity index (χ1) is 12.6. The van der Waals surface area contributed by atoms with E-state index in [-0.39, 0.29) is 5.91 Å². The number of carbonyl (C=O) groups excluding carboxylic acids is 1.